The Kier molecular flexibility index (Phi) is 4.71. The fourth-order valence-corrected chi connectivity index (χ4v) is 3.07. The van der Waals surface area contributed by atoms with Gasteiger partial charge in [-0.3, -0.25) is 4.79 Å². The van der Waals surface area contributed by atoms with Crippen molar-refractivity contribution in [2.24, 2.45) is 4.99 Å². The van der Waals surface area contributed by atoms with Gasteiger partial charge in [0, 0.05) is 0 Å². The van der Waals surface area contributed by atoms with Gasteiger partial charge in [-0.2, -0.15) is 0 Å². The van der Waals surface area contributed by atoms with Gasteiger partial charge in [0.25, 0.3) is 5.91 Å². The summed E-state index contributed by atoms with van der Waals surface area (Å²) in [5.41, 5.74) is 1.15. The van der Waals surface area contributed by atoms with Gasteiger partial charge < -0.3 is 15.5 Å². The fraction of sp³-hybridized carbons (Fsp3) is 0. The highest BCUT2D eigenvalue weighted by atomic mass is 35.5. The molecule has 1 heterocycles. The lowest BCUT2D eigenvalue weighted by atomic mass is 10.2. The molecule has 0 saturated carbocycles. The van der Waals surface area contributed by atoms with Crippen molar-refractivity contribution in [1.82, 2.24) is 5.32 Å². The summed E-state index contributed by atoms with van der Waals surface area (Å²) in [6, 6.07) is 9.22. The van der Waals surface area contributed by atoms with E-state index in [1.54, 1.807) is 30.3 Å². The SMILES string of the molecule is O=C1NC(=Nc2ccc(Cl)c(Cl)c2)SC1=Cc1ccc(O)c(O)c1. The molecule has 1 fully saturated rings. The largest absolute Gasteiger partial charge is 0.504 e. The Morgan fingerprint density at radius 2 is 1.83 bits per heavy atom. The molecule has 0 radical (unpaired) electrons. The van der Waals surface area contributed by atoms with Crippen LogP contribution in [0.15, 0.2) is 46.3 Å². The number of aliphatic imine (C=N–C) groups is 1. The Morgan fingerprint density at radius 3 is 2.54 bits per heavy atom. The average Bonchev–Trinajstić information content (AvgIpc) is 2.86. The molecule has 0 atom stereocenters. The van der Waals surface area contributed by atoms with Gasteiger partial charge in [0.1, 0.15) is 0 Å². The Balaban J connectivity index is 1.84. The molecule has 0 unspecified atom stereocenters. The Morgan fingerprint density at radius 1 is 1.04 bits per heavy atom. The molecule has 2 aromatic rings. The first-order valence-corrected chi connectivity index (χ1v) is 8.26. The number of nitrogens with one attached hydrogen (secondary N) is 1. The van der Waals surface area contributed by atoms with Crippen molar-refractivity contribution in [3.8, 4) is 11.5 Å². The number of carbonyl (C=O) groups is 1. The summed E-state index contributed by atoms with van der Waals surface area (Å²) in [4.78, 5) is 16.7. The first-order valence-electron chi connectivity index (χ1n) is 6.69. The molecule has 0 spiro atoms. The van der Waals surface area contributed by atoms with E-state index in [4.69, 9.17) is 23.2 Å². The molecule has 2 aromatic carbocycles. The molecule has 8 heteroatoms. The van der Waals surface area contributed by atoms with Gasteiger partial charge in [0.15, 0.2) is 16.7 Å². The van der Waals surface area contributed by atoms with Gasteiger partial charge in [0.05, 0.1) is 20.6 Å². The highest BCUT2D eigenvalue weighted by Crippen LogP contribution is 2.32. The topological polar surface area (TPSA) is 81.9 Å². The molecule has 24 heavy (non-hydrogen) atoms. The molecular weight excluding hydrogens is 371 g/mol. The smallest absolute Gasteiger partial charge is 0.264 e. The van der Waals surface area contributed by atoms with E-state index in [1.807, 2.05) is 0 Å². The molecule has 1 saturated heterocycles. The Bertz CT molecular complexity index is 897. The maximum Gasteiger partial charge on any atom is 0.264 e. The summed E-state index contributed by atoms with van der Waals surface area (Å²) < 4.78 is 0. The predicted molar refractivity (Wildman–Crippen MR) is 97.0 cm³/mol. The number of amidine groups is 1. The first kappa shape index (κ1) is 16.7. The molecule has 1 aliphatic heterocycles. The van der Waals surface area contributed by atoms with Crippen LogP contribution < -0.4 is 5.32 Å². The predicted octanol–water partition coefficient (Wildman–Crippen LogP) is 4.30. The van der Waals surface area contributed by atoms with Crippen molar-refractivity contribution in [2.45, 2.75) is 0 Å². The maximum absolute atomic E-state index is 12.0. The molecule has 1 aliphatic rings. The quantitative estimate of drug-likeness (QED) is 0.535. The third kappa shape index (κ3) is 3.67. The first-order chi connectivity index (χ1) is 11.4. The molecule has 0 aromatic heterocycles. The molecule has 122 valence electrons. The lowest BCUT2D eigenvalue weighted by molar-refractivity contribution is -0.115. The summed E-state index contributed by atoms with van der Waals surface area (Å²) in [6.45, 7) is 0. The highest BCUT2D eigenvalue weighted by molar-refractivity contribution is 8.18. The number of thioether (sulfide) groups is 1. The van der Waals surface area contributed by atoms with E-state index in [1.165, 1.54) is 12.1 Å². The van der Waals surface area contributed by atoms with Crippen molar-refractivity contribution in [3.05, 3.63) is 56.9 Å². The summed E-state index contributed by atoms with van der Waals surface area (Å²) in [5.74, 6) is -0.772. The monoisotopic (exact) mass is 380 g/mol. The standard InChI is InChI=1S/C16H10Cl2N2O3S/c17-10-3-2-9(7-11(10)18)19-16-20-15(23)14(24-16)6-8-1-4-12(21)13(22)5-8/h1-7,21-22H,(H,19,20,23). The molecule has 5 nitrogen and oxygen atoms in total. The normalized spacial score (nSPS) is 17.5. The van der Waals surface area contributed by atoms with E-state index in [0.717, 1.165) is 11.8 Å². The lowest BCUT2D eigenvalue weighted by Crippen LogP contribution is -2.19. The minimum Gasteiger partial charge on any atom is -0.504 e. The Hall–Kier alpha value is -2.15. The zero-order valence-electron chi connectivity index (χ0n) is 12.0. The van der Waals surface area contributed by atoms with E-state index < -0.39 is 0 Å². The van der Waals surface area contributed by atoms with Crippen LogP contribution in [0.5, 0.6) is 11.5 Å². The second kappa shape index (κ2) is 6.76. The summed E-state index contributed by atoms with van der Waals surface area (Å²) in [6.07, 6.45) is 1.59. The number of phenols is 2. The van der Waals surface area contributed by atoms with Crippen molar-refractivity contribution >= 4 is 57.8 Å². The van der Waals surface area contributed by atoms with E-state index in [9.17, 15) is 15.0 Å². The zero-order valence-corrected chi connectivity index (χ0v) is 14.3. The van der Waals surface area contributed by atoms with Crippen molar-refractivity contribution in [1.29, 1.82) is 0 Å². The van der Waals surface area contributed by atoms with Crippen LogP contribution in [0.4, 0.5) is 5.69 Å². The van der Waals surface area contributed by atoms with E-state index in [-0.39, 0.29) is 17.4 Å². The van der Waals surface area contributed by atoms with Crippen molar-refractivity contribution in [3.63, 3.8) is 0 Å². The number of nitrogens with zero attached hydrogens (tertiary/aromatic N) is 1. The summed E-state index contributed by atoms with van der Waals surface area (Å²) in [7, 11) is 0. The zero-order chi connectivity index (χ0) is 17.3. The van der Waals surface area contributed by atoms with Gasteiger partial charge >= 0.3 is 0 Å². The van der Waals surface area contributed by atoms with E-state index >= 15 is 0 Å². The third-order valence-corrected chi connectivity index (χ3v) is 4.73. The van der Waals surface area contributed by atoms with Gasteiger partial charge in [0.2, 0.25) is 0 Å². The number of aromatic hydroxyl groups is 2. The molecule has 3 rings (SSSR count). The second-order valence-electron chi connectivity index (χ2n) is 4.83. The maximum atomic E-state index is 12.0. The van der Waals surface area contributed by atoms with Crippen LogP contribution in [0.2, 0.25) is 10.0 Å². The molecule has 3 N–H and O–H groups in total. The average molecular weight is 381 g/mol. The molecule has 0 bridgehead atoms. The fourth-order valence-electron chi connectivity index (χ4n) is 1.93. The van der Waals surface area contributed by atoms with Gasteiger partial charge in [-0.25, -0.2) is 4.99 Å². The van der Waals surface area contributed by atoms with E-state index in [0.29, 0.717) is 31.4 Å². The van der Waals surface area contributed by atoms with Gasteiger partial charge in [-0.1, -0.05) is 29.3 Å². The van der Waals surface area contributed by atoms with Crippen LogP contribution in [0.3, 0.4) is 0 Å². The van der Waals surface area contributed by atoms with Gasteiger partial charge in [-0.15, -0.1) is 0 Å². The third-order valence-electron chi connectivity index (χ3n) is 3.08. The van der Waals surface area contributed by atoms with Gasteiger partial charge in [-0.05, 0) is 53.7 Å². The number of benzene rings is 2. The number of phenolic OH excluding ortho intramolecular Hbond substituents is 2. The second-order valence-corrected chi connectivity index (χ2v) is 6.67. The van der Waals surface area contributed by atoms with Crippen molar-refractivity contribution in [2.75, 3.05) is 0 Å². The van der Waals surface area contributed by atoms with Crippen LogP contribution >= 0.6 is 35.0 Å². The molecule has 0 aliphatic carbocycles. The highest BCUT2D eigenvalue weighted by Gasteiger charge is 2.24. The number of halogens is 2. The van der Waals surface area contributed by atoms with Crippen LogP contribution in [0.1, 0.15) is 5.56 Å². The van der Waals surface area contributed by atoms with Crippen LogP contribution in [-0.2, 0) is 4.79 Å². The molecule has 1 amide bonds. The van der Waals surface area contributed by atoms with E-state index in [2.05, 4.69) is 10.3 Å². The molecular formula is C16H10Cl2N2O3S. The number of amides is 1. The Labute approximate surface area is 151 Å². The lowest BCUT2D eigenvalue weighted by Gasteiger charge is -1.99. The summed E-state index contributed by atoms with van der Waals surface area (Å²) in [5, 5.41) is 22.7. The minimum atomic E-state index is -0.300. The van der Waals surface area contributed by atoms with Crippen LogP contribution in [-0.4, -0.2) is 21.3 Å². The number of hydrogen-bond donors (Lipinski definition) is 3. The number of carbonyl (C=O) groups excluding carboxylic acids is 1. The summed E-state index contributed by atoms with van der Waals surface area (Å²) >= 11 is 13.0. The number of hydrogen-bond acceptors (Lipinski definition) is 5. The van der Waals surface area contributed by atoms with Crippen LogP contribution in [0, 0.1) is 0 Å². The number of rotatable bonds is 2. The minimum absolute atomic E-state index is 0.220. The van der Waals surface area contributed by atoms with Crippen molar-refractivity contribution < 1.29 is 15.0 Å². The van der Waals surface area contributed by atoms with Crippen LogP contribution in [0.25, 0.3) is 6.08 Å².